The standard InChI is InChI=1S/C18H23N5O2/c1-2-14-12-22(18(25)15-10-16(19)21-20-15)9-8-17(24)23(14)11-13-6-4-3-5-7-13/h3-7,10,14H,2,8-9,11-12H2,1H3,(H3,19,20,21)/t14-/m1/s1. The number of nitrogens with zero attached hydrogens (tertiary/aromatic N) is 3. The lowest BCUT2D eigenvalue weighted by Crippen LogP contribution is -2.43. The molecule has 0 saturated carbocycles. The largest absolute Gasteiger partial charge is 0.382 e. The fraction of sp³-hybridized carbons (Fsp3) is 0.389. The molecule has 0 radical (unpaired) electrons. The highest BCUT2D eigenvalue weighted by atomic mass is 16.2. The number of carbonyl (C=O) groups excluding carboxylic acids is 2. The van der Waals surface area contributed by atoms with Crippen molar-refractivity contribution in [2.45, 2.75) is 32.4 Å². The van der Waals surface area contributed by atoms with Gasteiger partial charge in [0.1, 0.15) is 11.5 Å². The van der Waals surface area contributed by atoms with E-state index in [1.165, 1.54) is 6.07 Å². The molecule has 0 aliphatic carbocycles. The Morgan fingerprint density at radius 2 is 2.12 bits per heavy atom. The van der Waals surface area contributed by atoms with Crippen molar-refractivity contribution in [1.29, 1.82) is 0 Å². The summed E-state index contributed by atoms with van der Waals surface area (Å²) in [6, 6.07) is 11.4. The lowest BCUT2D eigenvalue weighted by atomic mass is 10.1. The van der Waals surface area contributed by atoms with Crippen LogP contribution in [0.4, 0.5) is 5.82 Å². The Balaban J connectivity index is 1.77. The van der Waals surface area contributed by atoms with E-state index in [1.807, 2.05) is 42.2 Å². The molecule has 132 valence electrons. The summed E-state index contributed by atoms with van der Waals surface area (Å²) in [7, 11) is 0. The number of H-pyrrole nitrogens is 1. The maximum absolute atomic E-state index is 12.7. The zero-order valence-electron chi connectivity index (χ0n) is 14.3. The van der Waals surface area contributed by atoms with Crippen molar-refractivity contribution in [2.75, 3.05) is 18.8 Å². The molecule has 1 fully saturated rings. The van der Waals surface area contributed by atoms with Gasteiger partial charge in [-0.2, -0.15) is 5.10 Å². The molecule has 0 unspecified atom stereocenters. The van der Waals surface area contributed by atoms with E-state index in [0.717, 1.165) is 12.0 Å². The number of rotatable bonds is 4. The Morgan fingerprint density at radius 3 is 2.76 bits per heavy atom. The summed E-state index contributed by atoms with van der Waals surface area (Å²) in [5.41, 5.74) is 7.04. The second-order valence-corrected chi connectivity index (χ2v) is 6.28. The van der Waals surface area contributed by atoms with Gasteiger partial charge in [0.15, 0.2) is 0 Å². The number of nitrogen functional groups attached to an aromatic ring is 1. The normalized spacial score (nSPS) is 18.3. The monoisotopic (exact) mass is 341 g/mol. The van der Waals surface area contributed by atoms with Crippen LogP contribution < -0.4 is 5.73 Å². The Morgan fingerprint density at radius 1 is 1.36 bits per heavy atom. The zero-order chi connectivity index (χ0) is 17.8. The third-order valence-corrected chi connectivity index (χ3v) is 4.57. The molecule has 7 heteroatoms. The second kappa shape index (κ2) is 7.38. The molecule has 3 rings (SSSR count). The summed E-state index contributed by atoms with van der Waals surface area (Å²) in [6.45, 7) is 3.51. The number of amides is 2. The fourth-order valence-corrected chi connectivity index (χ4v) is 3.17. The minimum Gasteiger partial charge on any atom is -0.382 e. The van der Waals surface area contributed by atoms with E-state index in [4.69, 9.17) is 5.73 Å². The van der Waals surface area contributed by atoms with Crippen molar-refractivity contribution < 1.29 is 9.59 Å². The van der Waals surface area contributed by atoms with Gasteiger partial charge in [-0.05, 0) is 12.0 Å². The summed E-state index contributed by atoms with van der Waals surface area (Å²) >= 11 is 0. The number of hydrogen-bond acceptors (Lipinski definition) is 4. The number of carbonyl (C=O) groups is 2. The third-order valence-electron chi connectivity index (χ3n) is 4.57. The number of aromatic nitrogens is 2. The highest BCUT2D eigenvalue weighted by molar-refractivity contribution is 5.93. The van der Waals surface area contributed by atoms with Crippen LogP contribution in [0.1, 0.15) is 35.8 Å². The Bertz CT molecular complexity index is 743. The average molecular weight is 341 g/mol. The molecule has 2 heterocycles. The molecule has 0 spiro atoms. The van der Waals surface area contributed by atoms with E-state index >= 15 is 0 Å². The number of benzene rings is 1. The molecule has 1 atom stereocenters. The van der Waals surface area contributed by atoms with Crippen molar-refractivity contribution in [3.05, 3.63) is 47.7 Å². The Kier molecular flexibility index (Phi) is 5.02. The highest BCUT2D eigenvalue weighted by Crippen LogP contribution is 2.19. The van der Waals surface area contributed by atoms with Crippen LogP contribution in [0.15, 0.2) is 36.4 Å². The van der Waals surface area contributed by atoms with E-state index in [9.17, 15) is 9.59 Å². The molecule has 1 aliphatic heterocycles. The number of hydrogen-bond donors (Lipinski definition) is 2. The number of anilines is 1. The SMILES string of the molecule is CC[C@@H]1CN(C(=O)c2cc(N)n[nH]2)CCC(=O)N1Cc1ccccc1. The van der Waals surface area contributed by atoms with Gasteiger partial charge in [0.05, 0.1) is 0 Å². The van der Waals surface area contributed by atoms with Gasteiger partial charge < -0.3 is 15.5 Å². The van der Waals surface area contributed by atoms with Crippen LogP contribution in [0.2, 0.25) is 0 Å². The van der Waals surface area contributed by atoms with Crippen LogP contribution in [-0.2, 0) is 11.3 Å². The first-order valence-electron chi connectivity index (χ1n) is 8.52. The molecule has 1 aromatic heterocycles. The lowest BCUT2D eigenvalue weighted by molar-refractivity contribution is -0.133. The van der Waals surface area contributed by atoms with Gasteiger partial charge in [0.25, 0.3) is 5.91 Å². The Labute approximate surface area is 146 Å². The highest BCUT2D eigenvalue weighted by Gasteiger charge is 2.31. The van der Waals surface area contributed by atoms with Gasteiger partial charge in [-0.1, -0.05) is 37.3 Å². The molecular weight excluding hydrogens is 318 g/mol. The van der Waals surface area contributed by atoms with Crippen LogP contribution in [0, 0.1) is 0 Å². The Hall–Kier alpha value is -2.83. The average Bonchev–Trinajstić information content (AvgIpc) is 3.00. The maximum atomic E-state index is 12.7. The third kappa shape index (κ3) is 3.81. The van der Waals surface area contributed by atoms with Crippen LogP contribution in [0.5, 0.6) is 0 Å². The predicted molar refractivity (Wildman–Crippen MR) is 94.6 cm³/mol. The second-order valence-electron chi connectivity index (χ2n) is 6.28. The molecule has 2 amide bonds. The first-order valence-corrected chi connectivity index (χ1v) is 8.52. The van der Waals surface area contributed by atoms with Gasteiger partial charge in [0, 0.05) is 38.2 Å². The van der Waals surface area contributed by atoms with Crippen LogP contribution in [0.3, 0.4) is 0 Å². The van der Waals surface area contributed by atoms with Crippen LogP contribution in [0.25, 0.3) is 0 Å². The minimum absolute atomic E-state index is 0.0144. The topological polar surface area (TPSA) is 95.3 Å². The summed E-state index contributed by atoms with van der Waals surface area (Å²) in [6.07, 6.45) is 1.10. The van der Waals surface area contributed by atoms with E-state index in [-0.39, 0.29) is 23.7 Å². The van der Waals surface area contributed by atoms with Crippen LogP contribution >= 0.6 is 0 Å². The smallest absolute Gasteiger partial charge is 0.272 e. The van der Waals surface area contributed by atoms with Gasteiger partial charge in [-0.25, -0.2) is 0 Å². The van der Waals surface area contributed by atoms with Crippen molar-refractivity contribution in [3.63, 3.8) is 0 Å². The molecule has 3 N–H and O–H groups in total. The first kappa shape index (κ1) is 17.0. The quantitative estimate of drug-likeness (QED) is 0.884. The molecule has 1 aromatic carbocycles. The van der Waals surface area contributed by atoms with E-state index < -0.39 is 0 Å². The van der Waals surface area contributed by atoms with E-state index in [2.05, 4.69) is 10.2 Å². The van der Waals surface area contributed by atoms with Crippen molar-refractivity contribution >= 4 is 17.6 Å². The predicted octanol–water partition coefficient (Wildman–Crippen LogP) is 1.65. The summed E-state index contributed by atoms with van der Waals surface area (Å²) in [4.78, 5) is 28.9. The van der Waals surface area contributed by atoms with Crippen molar-refractivity contribution in [2.24, 2.45) is 0 Å². The van der Waals surface area contributed by atoms with Crippen molar-refractivity contribution in [1.82, 2.24) is 20.0 Å². The minimum atomic E-state index is -0.169. The first-order chi connectivity index (χ1) is 12.1. The van der Waals surface area contributed by atoms with Gasteiger partial charge in [-0.3, -0.25) is 14.7 Å². The maximum Gasteiger partial charge on any atom is 0.272 e. The molecule has 0 bridgehead atoms. The molecular formula is C18H23N5O2. The molecule has 25 heavy (non-hydrogen) atoms. The summed E-state index contributed by atoms with van der Waals surface area (Å²) in [5.74, 6) is 0.194. The lowest BCUT2D eigenvalue weighted by Gasteiger charge is -2.31. The molecule has 1 saturated heterocycles. The zero-order valence-corrected chi connectivity index (χ0v) is 14.3. The number of aromatic amines is 1. The van der Waals surface area contributed by atoms with E-state index in [1.54, 1.807) is 4.90 Å². The summed E-state index contributed by atoms with van der Waals surface area (Å²) in [5, 5.41) is 6.46. The summed E-state index contributed by atoms with van der Waals surface area (Å²) < 4.78 is 0. The number of nitrogens with one attached hydrogen (secondary N) is 1. The van der Waals surface area contributed by atoms with Gasteiger partial charge in [0.2, 0.25) is 5.91 Å². The fourth-order valence-electron chi connectivity index (χ4n) is 3.17. The van der Waals surface area contributed by atoms with E-state index in [0.29, 0.717) is 31.7 Å². The molecule has 1 aliphatic rings. The van der Waals surface area contributed by atoms with Gasteiger partial charge in [-0.15, -0.1) is 0 Å². The van der Waals surface area contributed by atoms with Crippen molar-refractivity contribution in [3.8, 4) is 0 Å². The number of nitrogens with two attached hydrogens (primary N) is 1. The molecule has 2 aromatic rings. The van der Waals surface area contributed by atoms with Crippen LogP contribution in [-0.4, -0.2) is 50.9 Å². The molecule has 7 nitrogen and oxygen atoms in total. The van der Waals surface area contributed by atoms with Gasteiger partial charge >= 0.3 is 0 Å².